The Morgan fingerprint density at radius 2 is 1.95 bits per heavy atom. The monoisotopic (exact) mass is 296 g/mol. The predicted molar refractivity (Wildman–Crippen MR) is 90.4 cm³/mol. The number of carbonyl (C=O) groups excluding carboxylic acids is 1. The van der Waals surface area contributed by atoms with Crippen LogP contribution in [0.15, 0.2) is 34.9 Å². The van der Waals surface area contributed by atoms with Gasteiger partial charge in [-0.05, 0) is 84.0 Å². The van der Waals surface area contributed by atoms with E-state index in [2.05, 4.69) is 32.9 Å². The van der Waals surface area contributed by atoms with E-state index in [4.69, 9.17) is 0 Å². The molecule has 0 unspecified atom stereocenters. The lowest BCUT2D eigenvalue weighted by atomic mass is 9.58. The van der Waals surface area contributed by atoms with Crippen LogP contribution in [0.1, 0.15) is 59.3 Å². The van der Waals surface area contributed by atoms with Crippen LogP contribution in [0.5, 0.6) is 0 Å². The summed E-state index contributed by atoms with van der Waals surface area (Å²) in [6.07, 6.45) is 13.8. The van der Waals surface area contributed by atoms with Gasteiger partial charge in [-0.2, -0.15) is 0 Å². The Hall–Kier alpha value is -1.11. The van der Waals surface area contributed by atoms with E-state index in [-0.39, 0.29) is 0 Å². The standard InChI is InChI=1S/C21H28O/c1-13(2)19-8-9-20-18-6-4-14-12-15(22)5-7-16(14)17(18)10-11-21(19,20)3/h10-13,18-20H,4-9H2,1-3H3/t18-,19-,20+,21-/m1/s1. The topological polar surface area (TPSA) is 17.1 Å². The SMILES string of the molecule is CC(C)[C@H]1CC[C@H]2[C@@H]3CCC4=CC(=O)CCC4=C3C=C[C@]12C. The second kappa shape index (κ2) is 4.94. The Labute approximate surface area is 134 Å². The summed E-state index contributed by atoms with van der Waals surface area (Å²) in [5.74, 6) is 3.53. The van der Waals surface area contributed by atoms with Crippen LogP contribution in [-0.4, -0.2) is 5.78 Å². The van der Waals surface area contributed by atoms with Gasteiger partial charge in [0.1, 0.15) is 0 Å². The van der Waals surface area contributed by atoms with Gasteiger partial charge in [-0.15, -0.1) is 0 Å². The Morgan fingerprint density at radius 1 is 1.14 bits per heavy atom. The zero-order chi connectivity index (χ0) is 15.5. The zero-order valence-corrected chi connectivity index (χ0v) is 14.2. The van der Waals surface area contributed by atoms with Crippen molar-refractivity contribution in [1.82, 2.24) is 0 Å². The summed E-state index contributed by atoms with van der Waals surface area (Å²) >= 11 is 0. The highest BCUT2D eigenvalue weighted by atomic mass is 16.1. The van der Waals surface area contributed by atoms with Crippen LogP contribution < -0.4 is 0 Å². The molecule has 0 aromatic heterocycles. The van der Waals surface area contributed by atoms with Gasteiger partial charge in [0.2, 0.25) is 0 Å². The fourth-order valence-corrected chi connectivity index (χ4v) is 6.11. The molecule has 0 spiro atoms. The first-order valence-electron chi connectivity index (χ1n) is 9.16. The van der Waals surface area contributed by atoms with Gasteiger partial charge in [-0.3, -0.25) is 4.79 Å². The van der Waals surface area contributed by atoms with Crippen LogP contribution >= 0.6 is 0 Å². The van der Waals surface area contributed by atoms with Gasteiger partial charge in [0.05, 0.1) is 0 Å². The van der Waals surface area contributed by atoms with Crippen LogP contribution in [0.4, 0.5) is 0 Å². The summed E-state index contributed by atoms with van der Waals surface area (Å²) in [5.41, 5.74) is 4.88. The fourth-order valence-electron chi connectivity index (χ4n) is 6.11. The number of ketones is 1. The molecular formula is C21H28O. The van der Waals surface area contributed by atoms with Crippen molar-refractivity contribution in [1.29, 1.82) is 0 Å². The molecule has 4 aliphatic carbocycles. The molecule has 0 N–H and O–H groups in total. The van der Waals surface area contributed by atoms with Crippen molar-refractivity contribution in [3.63, 3.8) is 0 Å². The van der Waals surface area contributed by atoms with Crippen molar-refractivity contribution in [3.8, 4) is 0 Å². The summed E-state index contributed by atoms with van der Waals surface area (Å²) in [7, 11) is 0. The summed E-state index contributed by atoms with van der Waals surface area (Å²) in [4.78, 5) is 11.7. The van der Waals surface area contributed by atoms with Gasteiger partial charge in [0.15, 0.2) is 5.78 Å². The molecule has 22 heavy (non-hydrogen) atoms. The van der Waals surface area contributed by atoms with Crippen molar-refractivity contribution >= 4 is 5.78 Å². The Morgan fingerprint density at radius 3 is 2.73 bits per heavy atom. The van der Waals surface area contributed by atoms with Crippen LogP contribution in [0.2, 0.25) is 0 Å². The third-order valence-electron chi connectivity index (χ3n) is 7.12. The number of hydrogen-bond donors (Lipinski definition) is 0. The van der Waals surface area contributed by atoms with Gasteiger partial charge < -0.3 is 0 Å². The maximum Gasteiger partial charge on any atom is 0.156 e. The number of allylic oxidation sites excluding steroid dienone is 6. The van der Waals surface area contributed by atoms with E-state index in [0.717, 1.165) is 42.9 Å². The molecule has 0 heterocycles. The van der Waals surface area contributed by atoms with E-state index >= 15 is 0 Å². The molecule has 1 nitrogen and oxygen atoms in total. The smallest absolute Gasteiger partial charge is 0.156 e. The Balaban J connectivity index is 1.78. The lowest BCUT2D eigenvalue weighted by Crippen LogP contribution is -2.38. The van der Waals surface area contributed by atoms with E-state index in [9.17, 15) is 4.79 Å². The number of carbonyl (C=O) groups is 1. The third kappa shape index (κ3) is 1.94. The largest absolute Gasteiger partial charge is 0.295 e. The summed E-state index contributed by atoms with van der Waals surface area (Å²) in [6, 6.07) is 0. The van der Waals surface area contributed by atoms with Crippen molar-refractivity contribution in [3.05, 3.63) is 34.9 Å². The molecule has 1 fully saturated rings. The average molecular weight is 296 g/mol. The molecule has 0 aromatic carbocycles. The molecule has 0 aliphatic heterocycles. The van der Waals surface area contributed by atoms with Gasteiger partial charge in [-0.1, -0.05) is 32.9 Å². The van der Waals surface area contributed by atoms with Gasteiger partial charge in [-0.25, -0.2) is 0 Å². The molecule has 0 bridgehead atoms. The average Bonchev–Trinajstić information content (AvgIpc) is 2.84. The van der Waals surface area contributed by atoms with Gasteiger partial charge in [0.25, 0.3) is 0 Å². The molecule has 1 heteroatoms. The molecular weight excluding hydrogens is 268 g/mol. The van der Waals surface area contributed by atoms with E-state index < -0.39 is 0 Å². The summed E-state index contributed by atoms with van der Waals surface area (Å²) < 4.78 is 0. The normalized spacial score (nSPS) is 40.5. The lowest BCUT2D eigenvalue weighted by molar-refractivity contribution is -0.114. The lowest BCUT2D eigenvalue weighted by Gasteiger charge is -2.46. The van der Waals surface area contributed by atoms with Crippen molar-refractivity contribution in [2.75, 3.05) is 0 Å². The van der Waals surface area contributed by atoms with Crippen molar-refractivity contribution in [2.45, 2.75) is 59.3 Å². The Bertz CT molecular complexity index is 603. The second-order valence-electron chi connectivity index (χ2n) is 8.45. The van der Waals surface area contributed by atoms with E-state index in [0.29, 0.717) is 11.2 Å². The molecule has 0 aromatic rings. The van der Waals surface area contributed by atoms with Crippen LogP contribution in [0, 0.1) is 29.1 Å². The minimum absolute atomic E-state index is 0.336. The minimum Gasteiger partial charge on any atom is -0.295 e. The molecule has 0 radical (unpaired) electrons. The predicted octanol–water partition coefficient (Wildman–Crippen LogP) is 5.24. The fraction of sp³-hybridized carbons (Fsp3) is 0.667. The van der Waals surface area contributed by atoms with Crippen molar-refractivity contribution < 1.29 is 4.79 Å². The summed E-state index contributed by atoms with van der Waals surface area (Å²) in [6.45, 7) is 7.31. The molecule has 4 atom stereocenters. The number of rotatable bonds is 1. The quantitative estimate of drug-likeness (QED) is 0.646. The van der Waals surface area contributed by atoms with Crippen LogP contribution in [0.3, 0.4) is 0 Å². The molecule has 4 rings (SSSR count). The number of hydrogen-bond acceptors (Lipinski definition) is 1. The van der Waals surface area contributed by atoms with Gasteiger partial charge >= 0.3 is 0 Å². The van der Waals surface area contributed by atoms with Crippen LogP contribution in [0.25, 0.3) is 0 Å². The molecule has 0 amide bonds. The Kier molecular flexibility index (Phi) is 3.25. The van der Waals surface area contributed by atoms with E-state index in [1.165, 1.54) is 30.4 Å². The molecule has 0 saturated heterocycles. The van der Waals surface area contributed by atoms with Gasteiger partial charge in [0, 0.05) is 6.42 Å². The minimum atomic E-state index is 0.336. The molecule has 1 saturated carbocycles. The first-order chi connectivity index (χ1) is 10.5. The van der Waals surface area contributed by atoms with Crippen LogP contribution in [-0.2, 0) is 4.79 Å². The molecule has 4 aliphatic rings. The number of fused-ring (bicyclic) bond motifs is 4. The zero-order valence-electron chi connectivity index (χ0n) is 14.2. The first kappa shape index (κ1) is 14.5. The highest BCUT2D eigenvalue weighted by Crippen LogP contribution is 2.60. The highest BCUT2D eigenvalue weighted by molar-refractivity contribution is 5.93. The van der Waals surface area contributed by atoms with E-state index in [1.54, 1.807) is 5.57 Å². The van der Waals surface area contributed by atoms with E-state index in [1.807, 2.05) is 6.08 Å². The first-order valence-corrected chi connectivity index (χ1v) is 9.16. The summed E-state index contributed by atoms with van der Waals surface area (Å²) in [5, 5.41) is 0. The highest BCUT2D eigenvalue weighted by Gasteiger charge is 2.52. The third-order valence-corrected chi connectivity index (χ3v) is 7.12. The maximum atomic E-state index is 11.7. The van der Waals surface area contributed by atoms with Crippen molar-refractivity contribution in [2.24, 2.45) is 29.1 Å². The molecule has 118 valence electrons. The maximum absolute atomic E-state index is 11.7. The second-order valence-corrected chi connectivity index (χ2v) is 8.45.